The Labute approximate surface area is 177 Å². The number of benzene rings is 1. The molecule has 1 aromatic carbocycles. The number of unbranched alkanes of at least 4 members (excludes halogenated alkanes) is 7. The van der Waals surface area contributed by atoms with Crippen LogP contribution >= 0.6 is 0 Å². The first kappa shape index (κ1) is 23.4. The lowest BCUT2D eigenvalue weighted by Crippen LogP contribution is -2.30. The number of H-pyrrole nitrogens is 1. The zero-order chi connectivity index (χ0) is 21.8. The molecule has 0 amide bonds. The summed E-state index contributed by atoms with van der Waals surface area (Å²) in [7, 11) is 0. The second-order valence-corrected chi connectivity index (χ2v) is 7.61. The van der Waals surface area contributed by atoms with Gasteiger partial charge in [0.2, 0.25) is 0 Å². The van der Waals surface area contributed by atoms with Crippen molar-refractivity contribution in [1.29, 1.82) is 0 Å². The van der Waals surface area contributed by atoms with Crippen molar-refractivity contribution >= 4 is 5.97 Å². The molecule has 0 spiro atoms. The van der Waals surface area contributed by atoms with Crippen molar-refractivity contribution in [1.82, 2.24) is 9.55 Å². The average molecular weight is 413 g/mol. The lowest BCUT2D eigenvalue weighted by Gasteiger charge is -2.08. The number of carbonyl (C=O) groups is 1. The van der Waals surface area contributed by atoms with Crippen LogP contribution in [0.3, 0.4) is 0 Å². The number of hydrogen-bond donors (Lipinski definition) is 1. The smallest absolute Gasteiger partial charge is 0.333 e. The topological polar surface area (TPSA) is 81.2 Å². The van der Waals surface area contributed by atoms with Crippen LogP contribution in [0.2, 0.25) is 0 Å². The number of nitrogens with one attached hydrogen (secondary N) is 1. The minimum absolute atomic E-state index is 0.313. The molecular weight excluding hydrogens is 380 g/mol. The van der Waals surface area contributed by atoms with Gasteiger partial charge in [0.25, 0.3) is 5.56 Å². The number of ether oxygens (including phenoxy) is 1. The van der Waals surface area contributed by atoms with Gasteiger partial charge < -0.3 is 4.74 Å². The maximum absolute atomic E-state index is 12.1. The van der Waals surface area contributed by atoms with E-state index in [1.807, 2.05) is 30.3 Å². The molecule has 1 N–H and O–H groups in total. The van der Waals surface area contributed by atoms with Crippen molar-refractivity contribution < 1.29 is 9.53 Å². The van der Waals surface area contributed by atoms with Crippen molar-refractivity contribution in [2.75, 3.05) is 6.61 Å². The van der Waals surface area contributed by atoms with Crippen molar-refractivity contribution in [3.8, 4) is 11.1 Å². The van der Waals surface area contributed by atoms with Gasteiger partial charge in [-0.05, 0) is 25.3 Å². The highest BCUT2D eigenvalue weighted by atomic mass is 16.5. The molecular formula is C24H32N2O4. The summed E-state index contributed by atoms with van der Waals surface area (Å²) in [4.78, 5) is 37.8. The maximum atomic E-state index is 12.1. The Balaban J connectivity index is 1.62. The maximum Gasteiger partial charge on any atom is 0.333 e. The summed E-state index contributed by atoms with van der Waals surface area (Å²) in [5, 5.41) is 0. The van der Waals surface area contributed by atoms with Crippen molar-refractivity contribution in [2.24, 2.45) is 0 Å². The first-order valence-electron chi connectivity index (χ1n) is 10.7. The highest BCUT2D eigenvalue weighted by molar-refractivity contribution is 5.86. The Morgan fingerprint density at radius 1 is 0.967 bits per heavy atom. The third-order valence-corrected chi connectivity index (χ3v) is 4.97. The van der Waals surface area contributed by atoms with Gasteiger partial charge in [0.05, 0.1) is 12.2 Å². The molecule has 0 fully saturated rings. The number of hydrogen-bond acceptors (Lipinski definition) is 4. The fourth-order valence-electron chi connectivity index (χ4n) is 3.23. The molecule has 30 heavy (non-hydrogen) atoms. The van der Waals surface area contributed by atoms with Gasteiger partial charge in [-0.25, -0.2) is 9.59 Å². The van der Waals surface area contributed by atoms with E-state index in [9.17, 15) is 14.4 Å². The molecule has 0 bridgehead atoms. The van der Waals surface area contributed by atoms with Crippen LogP contribution < -0.4 is 11.2 Å². The molecule has 2 rings (SSSR count). The van der Waals surface area contributed by atoms with Crippen LogP contribution in [0.1, 0.15) is 58.3 Å². The summed E-state index contributed by atoms with van der Waals surface area (Å²) in [5.74, 6) is -0.313. The summed E-state index contributed by atoms with van der Waals surface area (Å²) < 4.78 is 6.66. The van der Waals surface area contributed by atoms with E-state index < -0.39 is 0 Å². The number of esters is 1. The Morgan fingerprint density at radius 3 is 2.20 bits per heavy atom. The highest BCUT2D eigenvalue weighted by Gasteiger charge is 2.07. The number of carbonyl (C=O) groups excluding carboxylic acids is 1. The normalized spacial score (nSPS) is 10.7. The first-order valence-corrected chi connectivity index (χ1v) is 10.7. The largest absolute Gasteiger partial charge is 0.462 e. The monoisotopic (exact) mass is 412 g/mol. The van der Waals surface area contributed by atoms with Crippen molar-refractivity contribution in [2.45, 2.75) is 64.8 Å². The van der Waals surface area contributed by atoms with Gasteiger partial charge in [-0.2, -0.15) is 0 Å². The molecule has 0 saturated carbocycles. The first-order chi connectivity index (χ1) is 14.5. The third-order valence-electron chi connectivity index (χ3n) is 4.97. The van der Waals surface area contributed by atoms with Crippen LogP contribution in [0.4, 0.5) is 0 Å². The van der Waals surface area contributed by atoms with Gasteiger partial charge in [-0.1, -0.05) is 75.4 Å². The van der Waals surface area contributed by atoms with Gasteiger partial charge in [0.15, 0.2) is 0 Å². The lowest BCUT2D eigenvalue weighted by atomic mass is 10.1. The second-order valence-electron chi connectivity index (χ2n) is 7.61. The van der Waals surface area contributed by atoms with Gasteiger partial charge in [-0.15, -0.1) is 0 Å². The number of rotatable bonds is 13. The molecule has 0 atom stereocenters. The van der Waals surface area contributed by atoms with Crippen LogP contribution in [0.15, 0.2) is 58.3 Å². The van der Waals surface area contributed by atoms with Crippen LogP contribution in [-0.2, 0) is 16.1 Å². The predicted molar refractivity (Wildman–Crippen MR) is 119 cm³/mol. The van der Waals surface area contributed by atoms with Gasteiger partial charge >= 0.3 is 11.7 Å². The molecule has 0 aliphatic carbocycles. The van der Waals surface area contributed by atoms with E-state index in [4.69, 9.17) is 4.74 Å². The molecule has 1 heterocycles. The second kappa shape index (κ2) is 12.6. The fourth-order valence-corrected chi connectivity index (χ4v) is 3.23. The van der Waals surface area contributed by atoms with E-state index in [1.54, 1.807) is 17.7 Å². The Morgan fingerprint density at radius 2 is 1.57 bits per heavy atom. The molecule has 162 valence electrons. The number of aromatic nitrogens is 2. The van der Waals surface area contributed by atoms with E-state index in [2.05, 4.69) is 11.6 Å². The molecule has 0 radical (unpaired) electrons. The summed E-state index contributed by atoms with van der Waals surface area (Å²) in [6, 6.07) is 9.37. The highest BCUT2D eigenvalue weighted by Crippen LogP contribution is 2.13. The van der Waals surface area contributed by atoms with E-state index in [-0.39, 0.29) is 17.2 Å². The number of nitrogens with zero attached hydrogens (tertiary/aromatic N) is 1. The van der Waals surface area contributed by atoms with Gasteiger partial charge in [0.1, 0.15) is 0 Å². The number of aromatic amines is 1. The van der Waals surface area contributed by atoms with Crippen molar-refractivity contribution in [3.63, 3.8) is 0 Å². The predicted octanol–water partition coefficient (Wildman–Crippen LogP) is 4.44. The van der Waals surface area contributed by atoms with Crippen LogP contribution in [0.5, 0.6) is 0 Å². The molecule has 6 nitrogen and oxygen atoms in total. The van der Waals surface area contributed by atoms with Crippen molar-refractivity contribution in [3.05, 3.63) is 69.5 Å². The lowest BCUT2D eigenvalue weighted by molar-refractivity contribution is -0.139. The minimum atomic E-state index is -0.355. The van der Waals surface area contributed by atoms with E-state index in [0.717, 1.165) is 56.9 Å². The zero-order valence-electron chi connectivity index (χ0n) is 17.8. The van der Waals surface area contributed by atoms with Crippen LogP contribution in [0, 0.1) is 0 Å². The van der Waals surface area contributed by atoms with E-state index in [0.29, 0.717) is 24.3 Å². The summed E-state index contributed by atoms with van der Waals surface area (Å²) in [6.07, 6.45) is 10.1. The molecule has 0 aliphatic rings. The average Bonchev–Trinajstić information content (AvgIpc) is 2.73. The summed E-state index contributed by atoms with van der Waals surface area (Å²) in [5.41, 5.74) is 1.06. The summed E-state index contributed by atoms with van der Waals surface area (Å²) in [6.45, 7) is 6.27. The number of aryl methyl sites for hydroxylation is 1. The molecule has 1 aromatic heterocycles. The standard InChI is InChI=1S/C24H32N2O4/c1-19(2)23(28)30-17-13-8-6-4-3-5-7-12-16-26-18-21(22(27)25-24(26)29)20-14-10-9-11-15-20/h9-11,14-15,18H,1,3-8,12-13,16-17H2,2H3,(H,25,27,29). The van der Waals surface area contributed by atoms with Gasteiger partial charge in [-0.3, -0.25) is 14.3 Å². The quantitative estimate of drug-likeness (QED) is 0.299. The Bertz CT molecular complexity index is 928. The molecule has 0 unspecified atom stereocenters. The van der Waals surface area contributed by atoms with E-state index >= 15 is 0 Å². The molecule has 2 aromatic rings. The zero-order valence-corrected chi connectivity index (χ0v) is 17.8. The van der Waals surface area contributed by atoms with Crippen LogP contribution in [-0.4, -0.2) is 22.1 Å². The minimum Gasteiger partial charge on any atom is -0.462 e. The Kier molecular flexibility index (Phi) is 9.84. The SMILES string of the molecule is C=C(C)C(=O)OCCCCCCCCCCn1cc(-c2ccccc2)c(=O)[nH]c1=O. The summed E-state index contributed by atoms with van der Waals surface area (Å²) >= 11 is 0. The van der Waals surface area contributed by atoms with E-state index in [1.165, 1.54) is 0 Å². The molecule has 0 aliphatic heterocycles. The molecule has 0 saturated heterocycles. The molecule has 6 heteroatoms. The third kappa shape index (κ3) is 7.85. The van der Waals surface area contributed by atoms with Crippen LogP contribution in [0.25, 0.3) is 11.1 Å². The Hall–Kier alpha value is -2.89. The van der Waals surface area contributed by atoms with Gasteiger partial charge in [0, 0.05) is 18.3 Å². The fraction of sp³-hybridized carbons (Fsp3) is 0.458.